The van der Waals surface area contributed by atoms with E-state index in [0.717, 1.165) is 11.3 Å². The maximum atomic E-state index is 11.9. The van der Waals surface area contributed by atoms with Crippen LogP contribution in [0.5, 0.6) is 5.75 Å². The predicted octanol–water partition coefficient (Wildman–Crippen LogP) is 2.94. The van der Waals surface area contributed by atoms with Crippen LogP contribution in [-0.2, 0) is 20.4 Å². The van der Waals surface area contributed by atoms with Gasteiger partial charge in [0.25, 0.3) is 0 Å². The molecule has 128 valence electrons. The van der Waals surface area contributed by atoms with Crippen molar-refractivity contribution in [1.29, 1.82) is 0 Å². The summed E-state index contributed by atoms with van der Waals surface area (Å²) in [5.74, 6) is 0.250. The molecule has 0 aliphatic carbocycles. The van der Waals surface area contributed by atoms with Crippen molar-refractivity contribution in [3.8, 4) is 5.75 Å². The summed E-state index contributed by atoms with van der Waals surface area (Å²) in [4.78, 5) is 23.4. The fourth-order valence-corrected chi connectivity index (χ4v) is 3.42. The van der Waals surface area contributed by atoms with E-state index in [2.05, 4.69) is 25.0 Å². The molecule has 0 atom stereocenters. The number of benzene rings is 1. The molecule has 1 N–H and O–H groups in total. The highest BCUT2D eigenvalue weighted by atomic mass is 28.4. The van der Waals surface area contributed by atoms with Gasteiger partial charge in [-0.05, 0) is 57.0 Å². The Morgan fingerprint density at radius 3 is 2.00 bits per heavy atom. The van der Waals surface area contributed by atoms with Gasteiger partial charge >= 0.3 is 5.97 Å². The normalized spacial score (nSPS) is 11.7. The molecule has 0 saturated carbocycles. The molecule has 0 bridgehead atoms. The SMILES string of the molecule is C[Si](C)(C)OC(=O)CNC(=O)Cc1ccc(O[Si](C)(C)C)cc1. The topological polar surface area (TPSA) is 64.6 Å². The van der Waals surface area contributed by atoms with E-state index in [-0.39, 0.29) is 24.8 Å². The summed E-state index contributed by atoms with van der Waals surface area (Å²) < 4.78 is 11.1. The van der Waals surface area contributed by atoms with Crippen molar-refractivity contribution in [2.45, 2.75) is 45.7 Å². The first-order valence-electron chi connectivity index (χ1n) is 7.71. The maximum Gasteiger partial charge on any atom is 0.312 e. The van der Waals surface area contributed by atoms with Crippen molar-refractivity contribution < 1.29 is 18.4 Å². The summed E-state index contributed by atoms with van der Waals surface area (Å²) in [5, 5.41) is 2.59. The van der Waals surface area contributed by atoms with Gasteiger partial charge in [-0.2, -0.15) is 0 Å². The third kappa shape index (κ3) is 9.19. The Morgan fingerprint density at radius 2 is 1.52 bits per heavy atom. The van der Waals surface area contributed by atoms with Gasteiger partial charge in [0.1, 0.15) is 12.3 Å². The molecular weight excluding hydrogens is 326 g/mol. The van der Waals surface area contributed by atoms with Gasteiger partial charge in [-0.1, -0.05) is 12.1 Å². The molecule has 0 unspecified atom stereocenters. The molecule has 1 aromatic carbocycles. The fourth-order valence-electron chi connectivity index (χ4n) is 1.83. The first-order chi connectivity index (χ1) is 10.4. The van der Waals surface area contributed by atoms with E-state index in [1.807, 2.05) is 43.9 Å². The third-order valence-corrected chi connectivity index (χ3v) is 4.25. The molecule has 7 heteroatoms. The van der Waals surface area contributed by atoms with Crippen molar-refractivity contribution in [3.05, 3.63) is 29.8 Å². The minimum Gasteiger partial charge on any atom is -0.544 e. The van der Waals surface area contributed by atoms with Crippen LogP contribution in [0.2, 0.25) is 39.3 Å². The highest BCUT2D eigenvalue weighted by Gasteiger charge is 2.20. The molecule has 23 heavy (non-hydrogen) atoms. The fraction of sp³-hybridized carbons (Fsp3) is 0.500. The van der Waals surface area contributed by atoms with Crippen LogP contribution in [0.25, 0.3) is 0 Å². The maximum absolute atomic E-state index is 11.9. The standard InChI is InChI=1S/C16H27NO4Si2/c1-22(2,3)20-14-9-7-13(8-10-14)11-15(18)17-12-16(19)21-23(4,5)6/h7-10H,11-12H2,1-6H3,(H,17,18). The van der Waals surface area contributed by atoms with E-state index in [4.69, 9.17) is 8.85 Å². The molecule has 1 amide bonds. The van der Waals surface area contributed by atoms with Gasteiger partial charge in [0.05, 0.1) is 6.42 Å². The van der Waals surface area contributed by atoms with Crippen LogP contribution >= 0.6 is 0 Å². The van der Waals surface area contributed by atoms with E-state index in [1.165, 1.54) is 0 Å². The minimum atomic E-state index is -1.90. The van der Waals surface area contributed by atoms with Crippen LogP contribution in [0.4, 0.5) is 0 Å². The molecule has 0 spiro atoms. The number of rotatable bonds is 7. The highest BCUT2D eigenvalue weighted by Crippen LogP contribution is 2.17. The molecule has 0 aliphatic heterocycles. The zero-order valence-corrected chi connectivity index (χ0v) is 16.9. The molecule has 0 radical (unpaired) electrons. The Balaban J connectivity index is 2.44. The third-order valence-electron chi connectivity index (χ3n) is 2.56. The lowest BCUT2D eigenvalue weighted by atomic mass is 10.1. The van der Waals surface area contributed by atoms with Crippen molar-refractivity contribution in [2.24, 2.45) is 0 Å². The second kappa shape index (κ2) is 7.78. The quantitative estimate of drug-likeness (QED) is 0.766. The number of nitrogens with one attached hydrogen (secondary N) is 1. The van der Waals surface area contributed by atoms with Crippen LogP contribution in [0.1, 0.15) is 5.56 Å². The van der Waals surface area contributed by atoms with Crippen LogP contribution < -0.4 is 9.74 Å². The van der Waals surface area contributed by atoms with E-state index in [0.29, 0.717) is 0 Å². The summed E-state index contributed by atoms with van der Waals surface area (Å²) >= 11 is 0. The number of amides is 1. The van der Waals surface area contributed by atoms with Crippen LogP contribution in [0.15, 0.2) is 24.3 Å². The van der Waals surface area contributed by atoms with Crippen molar-refractivity contribution in [2.75, 3.05) is 6.54 Å². The Hall–Kier alpha value is -1.61. The monoisotopic (exact) mass is 353 g/mol. The van der Waals surface area contributed by atoms with Crippen molar-refractivity contribution in [1.82, 2.24) is 5.32 Å². The smallest absolute Gasteiger partial charge is 0.312 e. The first-order valence-corrected chi connectivity index (χ1v) is 14.5. The lowest BCUT2D eigenvalue weighted by Crippen LogP contribution is -2.37. The second-order valence-corrected chi connectivity index (χ2v) is 16.3. The Labute approximate surface area is 140 Å². The predicted molar refractivity (Wildman–Crippen MR) is 96.6 cm³/mol. The van der Waals surface area contributed by atoms with Gasteiger partial charge in [-0.25, -0.2) is 0 Å². The van der Waals surface area contributed by atoms with Gasteiger partial charge < -0.3 is 14.2 Å². The average Bonchev–Trinajstić information content (AvgIpc) is 2.35. The number of hydrogen-bond acceptors (Lipinski definition) is 4. The molecule has 0 aromatic heterocycles. The number of carbonyl (C=O) groups is 2. The second-order valence-electron chi connectivity index (χ2n) is 7.40. The van der Waals surface area contributed by atoms with Gasteiger partial charge in [-0.15, -0.1) is 0 Å². The molecule has 1 rings (SSSR count). The zero-order chi connectivity index (χ0) is 17.7. The summed E-state index contributed by atoms with van der Waals surface area (Å²) in [7, 11) is -3.52. The van der Waals surface area contributed by atoms with Gasteiger partial charge in [0.15, 0.2) is 0 Å². The molecular formula is C16H27NO4Si2. The van der Waals surface area contributed by atoms with Gasteiger partial charge in [-0.3, -0.25) is 9.59 Å². The van der Waals surface area contributed by atoms with Crippen molar-refractivity contribution >= 4 is 28.5 Å². The summed E-state index contributed by atoms with van der Waals surface area (Å²) in [5.41, 5.74) is 0.879. The lowest BCUT2D eigenvalue weighted by Gasteiger charge is -2.19. The van der Waals surface area contributed by atoms with E-state index < -0.39 is 16.6 Å². The van der Waals surface area contributed by atoms with Crippen LogP contribution in [-0.4, -0.2) is 35.1 Å². The highest BCUT2D eigenvalue weighted by molar-refractivity contribution is 6.71. The van der Waals surface area contributed by atoms with Crippen molar-refractivity contribution in [3.63, 3.8) is 0 Å². The van der Waals surface area contributed by atoms with Gasteiger partial charge in [0, 0.05) is 0 Å². The molecule has 0 fully saturated rings. The molecule has 5 nitrogen and oxygen atoms in total. The van der Waals surface area contributed by atoms with Crippen LogP contribution in [0.3, 0.4) is 0 Å². The molecule has 0 heterocycles. The minimum absolute atomic E-state index is 0.0834. The van der Waals surface area contributed by atoms with E-state index in [1.54, 1.807) is 0 Å². The molecule has 0 aliphatic rings. The first kappa shape index (κ1) is 19.4. The average molecular weight is 354 g/mol. The Kier molecular flexibility index (Phi) is 6.58. The van der Waals surface area contributed by atoms with Crippen LogP contribution in [0, 0.1) is 0 Å². The van der Waals surface area contributed by atoms with E-state index in [9.17, 15) is 9.59 Å². The van der Waals surface area contributed by atoms with E-state index >= 15 is 0 Å². The van der Waals surface area contributed by atoms with Gasteiger partial charge in [0.2, 0.25) is 22.5 Å². The summed E-state index contributed by atoms with van der Waals surface area (Å²) in [6.45, 7) is 12.1. The number of hydrogen-bond donors (Lipinski definition) is 1. The number of carbonyl (C=O) groups excluding carboxylic acids is 2. The Morgan fingerprint density at radius 1 is 0.957 bits per heavy atom. The largest absolute Gasteiger partial charge is 0.544 e. The summed E-state index contributed by atoms with van der Waals surface area (Å²) in [6, 6.07) is 7.49. The summed E-state index contributed by atoms with van der Waals surface area (Å²) in [6.07, 6.45) is 0.230. The lowest BCUT2D eigenvalue weighted by molar-refractivity contribution is -0.136. The molecule has 1 aromatic rings. The zero-order valence-electron chi connectivity index (χ0n) is 14.9. The Bertz CT molecular complexity index is 545. The molecule has 0 saturated heterocycles.